The van der Waals surface area contributed by atoms with Gasteiger partial charge in [0.1, 0.15) is 5.01 Å². The second kappa shape index (κ2) is 6.69. The van der Waals surface area contributed by atoms with Crippen LogP contribution in [0.4, 0.5) is 0 Å². The molecule has 0 saturated carbocycles. The monoisotopic (exact) mass is 403 g/mol. The number of hydrogen-bond acceptors (Lipinski definition) is 3. The van der Waals surface area contributed by atoms with Crippen LogP contribution in [0.2, 0.25) is 10.0 Å². The molecular weight excluding hydrogens is 389 g/mol. The first kappa shape index (κ1) is 17.5. The lowest BCUT2D eigenvalue weighted by molar-refractivity contribution is -0.136. The molecule has 4 rings (SSSR count). The van der Waals surface area contributed by atoms with Gasteiger partial charge in [0.15, 0.2) is 0 Å². The van der Waals surface area contributed by atoms with E-state index in [1.807, 2.05) is 29.6 Å². The van der Waals surface area contributed by atoms with Gasteiger partial charge in [0.05, 0.1) is 17.5 Å². The zero-order chi connectivity index (χ0) is 18.3. The molecule has 0 bridgehead atoms. The van der Waals surface area contributed by atoms with Crippen LogP contribution in [0.3, 0.4) is 0 Å². The first-order valence-electron chi connectivity index (χ1n) is 8.17. The van der Waals surface area contributed by atoms with Crippen molar-refractivity contribution in [3.63, 3.8) is 0 Å². The van der Waals surface area contributed by atoms with Crippen LogP contribution in [-0.2, 0) is 29.5 Å². The molecule has 132 valence electrons. The Labute approximate surface area is 165 Å². The Bertz CT molecular complexity index is 974. The quantitative estimate of drug-likeness (QED) is 0.653. The van der Waals surface area contributed by atoms with Crippen LogP contribution in [0.1, 0.15) is 27.4 Å². The maximum absolute atomic E-state index is 11.0. The van der Waals surface area contributed by atoms with Crippen LogP contribution in [0.25, 0.3) is 0 Å². The number of benzene rings is 2. The standard InChI is InChI=1S/C20H15Cl2NO2S/c21-14-5-6-16(17(22)7-14)20(9-12-3-1-2-4-13(12)10-20)19-23-15(11-26-19)8-18(24)25/h1-7,11H,8-10H2,(H,24,25). The molecule has 0 aliphatic heterocycles. The van der Waals surface area contributed by atoms with Crippen LogP contribution in [0.5, 0.6) is 0 Å². The summed E-state index contributed by atoms with van der Waals surface area (Å²) in [6.45, 7) is 0. The molecule has 0 fully saturated rings. The van der Waals surface area contributed by atoms with Crippen LogP contribution >= 0.6 is 34.5 Å². The van der Waals surface area contributed by atoms with Crippen molar-refractivity contribution in [1.29, 1.82) is 0 Å². The summed E-state index contributed by atoms with van der Waals surface area (Å²) in [7, 11) is 0. The van der Waals surface area contributed by atoms with E-state index in [9.17, 15) is 4.79 Å². The van der Waals surface area contributed by atoms with Crippen molar-refractivity contribution < 1.29 is 9.90 Å². The Balaban J connectivity index is 1.86. The van der Waals surface area contributed by atoms with E-state index in [1.54, 1.807) is 6.07 Å². The van der Waals surface area contributed by atoms with Gasteiger partial charge in [-0.3, -0.25) is 4.79 Å². The van der Waals surface area contributed by atoms with Gasteiger partial charge in [0.2, 0.25) is 0 Å². The van der Waals surface area contributed by atoms with E-state index < -0.39 is 11.4 Å². The van der Waals surface area contributed by atoms with E-state index in [1.165, 1.54) is 22.5 Å². The number of carboxylic acids is 1. The summed E-state index contributed by atoms with van der Waals surface area (Å²) in [5, 5.41) is 13.0. The normalized spacial score (nSPS) is 15.0. The molecule has 6 heteroatoms. The number of rotatable bonds is 4. The average molecular weight is 404 g/mol. The second-order valence-electron chi connectivity index (χ2n) is 6.54. The second-order valence-corrected chi connectivity index (χ2v) is 8.24. The highest BCUT2D eigenvalue weighted by Crippen LogP contribution is 2.48. The number of nitrogens with zero attached hydrogens (tertiary/aromatic N) is 1. The third kappa shape index (κ3) is 3.02. The van der Waals surface area contributed by atoms with E-state index in [2.05, 4.69) is 17.1 Å². The fraction of sp³-hybridized carbons (Fsp3) is 0.200. The van der Waals surface area contributed by atoms with Gasteiger partial charge in [-0.15, -0.1) is 11.3 Å². The highest BCUT2D eigenvalue weighted by atomic mass is 35.5. The molecule has 3 nitrogen and oxygen atoms in total. The number of hydrogen-bond donors (Lipinski definition) is 1. The molecule has 0 unspecified atom stereocenters. The number of aromatic nitrogens is 1. The first-order valence-corrected chi connectivity index (χ1v) is 9.80. The zero-order valence-corrected chi connectivity index (χ0v) is 16.0. The van der Waals surface area contributed by atoms with Gasteiger partial charge in [-0.1, -0.05) is 53.5 Å². The van der Waals surface area contributed by atoms with Crippen molar-refractivity contribution in [3.05, 3.63) is 85.3 Å². The molecule has 0 atom stereocenters. The molecule has 1 heterocycles. The summed E-state index contributed by atoms with van der Waals surface area (Å²) in [4.78, 5) is 15.7. The highest BCUT2D eigenvalue weighted by molar-refractivity contribution is 7.09. The smallest absolute Gasteiger partial charge is 0.309 e. The van der Waals surface area contributed by atoms with Gasteiger partial charge in [0.25, 0.3) is 0 Å². The largest absolute Gasteiger partial charge is 0.481 e. The lowest BCUT2D eigenvalue weighted by Crippen LogP contribution is -2.29. The molecule has 0 radical (unpaired) electrons. The van der Waals surface area contributed by atoms with Gasteiger partial charge < -0.3 is 5.11 Å². The third-order valence-electron chi connectivity index (χ3n) is 4.84. The minimum Gasteiger partial charge on any atom is -0.481 e. The van der Waals surface area contributed by atoms with E-state index in [-0.39, 0.29) is 6.42 Å². The third-order valence-corrected chi connectivity index (χ3v) is 6.49. The number of halogens is 2. The summed E-state index contributed by atoms with van der Waals surface area (Å²) in [5.74, 6) is -0.880. The Morgan fingerprint density at radius 3 is 2.46 bits per heavy atom. The molecule has 1 N–H and O–H groups in total. The van der Waals surface area contributed by atoms with Gasteiger partial charge in [0, 0.05) is 15.4 Å². The number of fused-ring (bicyclic) bond motifs is 1. The van der Waals surface area contributed by atoms with E-state index in [4.69, 9.17) is 28.3 Å². The summed E-state index contributed by atoms with van der Waals surface area (Å²) in [6, 6.07) is 13.9. The van der Waals surface area contributed by atoms with Gasteiger partial charge in [-0.05, 0) is 41.7 Å². The maximum Gasteiger partial charge on any atom is 0.309 e. The van der Waals surface area contributed by atoms with Crippen molar-refractivity contribution in [2.45, 2.75) is 24.7 Å². The Morgan fingerprint density at radius 2 is 1.85 bits per heavy atom. The van der Waals surface area contributed by atoms with Crippen molar-refractivity contribution >= 4 is 40.5 Å². The van der Waals surface area contributed by atoms with Crippen molar-refractivity contribution in [2.24, 2.45) is 0 Å². The summed E-state index contributed by atoms with van der Waals surface area (Å²) in [5.41, 5.74) is 3.71. The Hall–Kier alpha value is -1.88. The SMILES string of the molecule is O=C(O)Cc1csc(C2(c3ccc(Cl)cc3Cl)Cc3ccccc3C2)n1. The van der Waals surface area contributed by atoms with E-state index in [0.29, 0.717) is 15.7 Å². The Morgan fingerprint density at radius 1 is 1.15 bits per heavy atom. The summed E-state index contributed by atoms with van der Waals surface area (Å²) >= 11 is 14.2. The van der Waals surface area contributed by atoms with Crippen molar-refractivity contribution in [3.8, 4) is 0 Å². The molecule has 3 aromatic rings. The van der Waals surface area contributed by atoms with Gasteiger partial charge in [-0.2, -0.15) is 0 Å². The molecule has 1 aliphatic rings. The van der Waals surface area contributed by atoms with E-state index in [0.717, 1.165) is 23.4 Å². The predicted molar refractivity (Wildman–Crippen MR) is 105 cm³/mol. The minimum atomic E-state index is -0.880. The lowest BCUT2D eigenvalue weighted by Gasteiger charge is -2.28. The number of aliphatic carboxylic acids is 1. The molecule has 0 amide bonds. The number of carboxylic acid groups (broad SMARTS) is 1. The molecule has 0 saturated heterocycles. The topological polar surface area (TPSA) is 50.2 Å². The van der Waals surface area contributed by atoms with Crippen molar-refractivity contribution in [2.75, 3.05) is 0 Å². The molecular formula is C20H15Cl2NO2S. The fourth-order valence-corrected chi connectivity index (χ4v) is 5.34. The molecule has 2 aromatic carbocycles. The van der Waals surface area contributed by atoms with Crippen molar-refractivity contribution in [1.82, 2.24) is 4.98 Å². The lowest BCUT2D eigenvalue weighted by atomic mass is 9.78. The van der Waals surface area contributed by atoms with E-state index >= 15 is 0 Å². The van der Waals surface area contributed by atoms with Crippen LogP contribution in [-0.4, -0.2) is 16.1 Å². The van der Waals surface area contributed by atoms with Gasteiger partial charge in [-0.25, -0.2) is 4.98 Å². The predicted octanol–water partition coefficient (Wildman–Crippen LogP) is 5.16. The van der Waals surface area contributed by atoms with Gasteiger partial charge >= 0.3 is 5.97 Å². The Kier molecular flexibility index (Phi) is 4.51. The average Bonchev–Trinajstić information content (AvgIpc) is 3.19. The van der Waals surface area contributed by atoms with Crippen LogP contribution < -0.4 is 0 Å². The number of carbonyl (C=O) groups is 1. The zero-order valence-electron chi connectivity index (χ0n) is 13.7. The molecule has 26 heavy (non-hydrogen) atoms. The van der Waals surface area contributed by atoms with Crippen LogP contribution in [0.15, 0.2) is 47.8 Å². The molecule has 1 aromatic heterocycles. The minimum absolute atomic E-state index is 0.0755. The summed E-state index contributed by atoms with van der Waals surface area (Å²) < 4.78 is 0. The fourth-order valence-electron chi connectivity index (χ4n) is 3.71. The molecule has 1 aliphatic carbocycles. The molecule has 0 spiro atoms. The first-order chi connectivity index (χ1) is 12.5. The maximum atomic E-state index is 11.0. The number of thiazole rings is 1. The summed E-state index contributed by atoms with van der Waals surface area (Å²) in [6.07, 6.45) is 1.49. The van der Waals surface area contributed by atoms with Crippen LogP contribution in [0, 0.1) is 0 Å². The highest BCUT2D eigenvalue weighted by Gasteiger charge is 2.44.